The Morgan fingerprint density at radius 1 is 0.211 bits per heavy atom. The van der Waals surface area contributed by atoms with E-state index in [1.807, 2.05) is 0 Å². The van der Waals surface area contributed by atoms with Gasteiger partial charge in [0.1, 0.15) is 0 Å². The van der Waals surface area contributed by atoms with Crippen LogP contribution in [0.15, 0.2) is 200 Å². The van der Waals surface area contributed by atoms with Gasteiger partial charge in [-0.05, 0) is 149 Å². The van der Waals surface area contributed by atoms with Crippen molar-refractivity contribution in [2.24, 2.45) is 14.1 Å². The van der Waals surface area contributed by atoms with E-state index in [0.29, 0.717) is 0 Å². The first kappa shape index (κ1) is 41.2. The van der Waals surface area contributed by atoms with Gasteiger partial charge in [0.05, 0.1) is 38.6 Å². The summed E-state index contributed by atoms with van der Waals surface area (Å²) in [5.41, 5.74) is 21.2. The summed E-state index contributed by atoms with van der Waals surface area (Å²) in [6.45, 7) is 8.71. The Labute approximate surface area is 411 Å². The average Bonchev–Trinajstić information content (AvgIpc) is 4.15. The molecule has 0 bridgehead atoms. The monoisotopic (exact) mass is 913 g/mol. The topological polar surface area (TPSA) is 24.6 Å². The van der Waals surface area contributed by atoms with Crippen LogP contribution >= 0.6 is 0 Å². The molecule has 340 valence electrons. The van der Waals surface area contributed by atoms with E-state index in [9.17, 15) is 0 Å². The zero-order valence-electron chi connectivity index (χ0n) is 40.8. The summed E-state index contributed by atoms with van der Waals surface area (Å²) in [5.74, 6) is 0. The number of hydrogen-bond acceptors (Lipinski definition) is 0. The van der Waals surface area contributed by atoms with Crippen LogP contribution in [-0.2, 0) is 14.1 Å². The van der Waals surface area contributed by atoms with Gasteiger partial charge in [-0.25, -0.2) is 0 Å². The first-order chi connectivity index (χ1) is 34.7. The number of fused-ring (bicyclic) bond motifs is 15. The summed E-state index contributed by atoms with van der Waals surface area (Å²) in [4.78, 5) is 0. The van der Waals surface area contributed by atoms with E-state index in [-0.39, 0.29) is 0 Å². The molecule has 0 saturated heterocycles. The normalized spacial score (nSPS) is 12.1. The predicted molar refractivity (Wildman–Crippen MR) is 303 cm³/mol. The molecule has 71 heavy (non-hydrogen) atoms. The Morgan fingerprint density at radius 3 is 1.03 bits per heavy atom. The van der Waals surface area contributed by atoms with Crippen LogP contribution in [0.5, 0.6) is 0 Å². The number of hydrogen-bond donors (Lipinski definition) is 0. The molecule has 15 aromatic rings. The maximum absolute atomic E-state index is 2.43. The van der Waals surface area contributed by atoms with E-state index in [1.54, 1.807) is 0 Å². The quantitative estimate of drug-likeness (QED) is 0.169. The van der Waals surface area contributed by atoms with Crippen molar-refractivity contribution in [3.8, 4) is 17.1 Å². The average molecular weight is 914 g/mol. The molecule has 15 rings (SSSR count). The first-order valence-corrected chi connectivity index (χ1v) is 24.7. The molecule has 0 spiro atoms. The highest BCUT2D eigenvalue weighted by Gasteiger charge is 2.19. The number of rotatable bonds is 3. The van der Waals surface area contributed by atoms with Gasteiger partial charge in [-0.3, -0.25) is 0 Å². The summed E-state index contributed by atoms with van der Waals surface area (Å²) >= 11 is 0. The summed E-state index contributed by atoms with van der Waals surface area (Å²) in [7, 11) is 4.34. The fourth-order valence-electron chi connectivity index (χ4n) is 12.0. The Balaban J connectivity index is 0.000000149. The molecule has 0 N–H and O–H groups in total. The number of aryl methyl sites for hydroxylation is 6. The molecule has 0 fully saturated rings. The second-order valence-electron chi connectivity index (χ2n) is 19.9. The zero-order valence-corrected chi connectivity index (χ0v) is 40.8. The van der Waals surface area contributed by atoms with Crippen LogP contribution in [0.3, 0.4) is 0 Å². The van der Waals surface area contributed by atoms with E-state index in [2.05, 4.69) is 265 Å². The number of aromatic nitrogens is 5. The van der Waals surface area contributed by atoms with Crippen LogP contribution in [0.25, 0.3) is 126 Å². The molecule has 0 unspecified atom stereocenters. The molecule has 0 aliphatic carbocycles. The molecule has 5 nitrogen and oxygen atoms in total. The molecule has 0 atom stereocenters. The molecular formula is C66H51N5. The molecule has 5 heterocycles. The molecule has 0 amide bonds. The second kappa shape index (κ2) is 15.4. The van der Waals surface area contributed by atoms with Crippen LogP contribution in [0.4, 0.5) is 0 Å². The van der Waals surface area contributed by atoms with Crippen molar-refractivity contribution in [3.63, 3.8) is 0 Å². The largest absolute Gasteiger partial charge is 0.344 e. The van der Waals surface area contributed by atoms with Crippen molar-refractivity contribution in [1.82, 2.24) is 22.8 Å². The minimum Gasteiger partial charge on any atom is -0.344 e. The SMILES string of the molecule is Cc1ccc2c(c1)c1cc(C)ccc1n2-c1ccc2c(c1)c1cc(-n3c4ccc(C)cc4c4cc(C)ccc43)ccc1n2C.Cn1c2ccccc2c2cc3c4ccccc4n(-c4ccccc4)c3cc21. The van der Waals surface area contributed by atoms with Gasteiger partial charge >= 0.3 is 0 Å². The van der Waals surface area contributed by atoms with Gasteiger partial charge in [-0.15, -0.1) is 0 Å². The molecule has 0 saturated carbocycles. The fourth-order valence-corrected chi connectivity index (χ4v) is 12.0. The lowest BCUT2D eigenvalue weighted by molar-refractivity contribution is 1.01. The summed E-state index contributed by atoms with van der Waals surface area (Å²) in [5, 5.41) is 13.0. The molecule has 0 radical (unpaired) electrons. The van der Waals surface area contributed by atoms with Crippen molar-refractivity contribution in [2.75, 3.05) is 0 Å². The number of nitrogens with zero attached hydrogens (tertiary/aromatic N) is 5. The predicted octanol–water partition coefficient (Wildman–Crippen LogP) is 17.2. The van der Waals surface area contributed by atoms with E-state index >= 15 is 0 Å². The molecule has 5 heteroatoms. The Kier molecular flexibility index (Phi) is 8.91. The van der Waals surface area contributed by atoms with Crippen LogP contribution in [0, 0.1) is 27.7 Å². The standard InChI is InChI=1S/C41H33N3.C25H18N2/c1-24-6-12-38-30(18-24)31-19-25(2)7-13-39(31)43(38)28-10-16-36-34(22-28)35-23-29(11-17-37(35)42(36)5)44-40-14-8-26(3)20-32(40)33-21-27(4)9-15-41(33)44;1-26-22-13-7-5-11-18(22)20-15-21-19-12-6-8-14-23(19)27(25(21)16-24(20)26)17-9-3-2-4-10-17/h6-23H,1-5H3;2-16H,1H3. The summed E-state index contributed by atoms with van der Waals surface area (Å²) in [6.07, 6.45) is 0. The third kappa shape index (κ3) is 6.12. The summed E-state index contributed by atoms with van der Waals surface area (Å²) < 4.78 is 11.9. The van der Waals surface area contributed by atoms with Gasteiger partial charge in [0.25, 0.3) is 0 Å². The Bertz CT molecular complexity index is 4400. The highest BCUT2D eigenvalue weighted by atomic mass is 15.0. The zero-order chi connectivity index (χ0) is 47.8. The molecule has 0 aliphatic rings. The lowest BCUT2D eigenvalue weighted by atomic mass is 10.1. The van der Waals surface area contributed by atoms with Gasteiger partial charge in [-0.2, -0.15) is 0 Å². The minimum absolute atomic E-state index is 1.19. The van der Waals surface area contributed by atoms with Gasteiger partial charge in [0, 0.05) is 102 Å². The van der Waals surface area contributed by atoms with Gasteiger partial charge in [0.2, 0.25) is 0 Å². The maximum atomic E-state index is 2.43. The third-order valence-electron chi connectivity index (χ3n) is 15.4. The number of benzene rings is 10. The van der Waals surface area contributed by atoms with E-state index < -0.39 is 0 Å². The highest BCUT2D eigenvalue weighted by molar-refractivity contribution is 6.19. The highest BCUT2D eigenvalue weighted by Crippen LogP contribution is 2.41. The van der Waals surface area contributed by atoms with Gasteiger partial charge < -0.3 is 22.8 Å². The van der Waals surface area contributed by atoms with Crippen molar-refractivity contribution < 1.29 is 0 Å². The first-order valence-electron chi connectivity index (χ1n) is 24.7. The maximum Gasteiger partial charge on any atom is 0.0562 e. The van der Waals surface area contributed by atoms with Crippen LogP contribution in [0.1, 0.15) is 22.3 Å². The van der Waals surface area contributed by atoms with E-state index in [4.69, 9.17) is 0 Å². The lowest BCUT2D eigenvalue weighted by Gasteiger charge is -2.10. The lowest BCUT2D eigenvalue weighted by Crippen LogP contribution is -1.94. The fraction of sp³-hybridized carbons (Fsp3) is 0.0909. The van der Waals surface area contributed by atoms with Crippen LogP contribution in [0.2, 0.25) is 0 Å². The van der Waals surface area contributed by atoms with E-state index in [0.717, 1.165) is 0 Å². The minimum atomic E-state index is 1.19. The van der Waals surface area contributed by atoms with Gasteiger partial charge in [-0.1, -0.05) is 101 Å². The van der Waals surface area contributed by atoms with Crippen LogP contribution in [-0.4, -0.2) is 22.8 Å². The third-order valence-corrected chi connectivity index (χ3v) is 15.4. The summed E-state index contributed by atoms with van der Waals surface area (Å²) in [6, 6.07) is 73.9. The Hall–Kier alpha value is -8.80. The molecule has 10 aromatic carbocycles. The Morgan fingerprint density at radius 2 is 0.535 bits per heavy atom. The second-order valence-corrected chi connectivity index (χ2v) is 19.9. The molecular weight excluding hydrogens is 863 g/mol. The van der Waals surface area contributed by atoms with E-state index in [1.165, 1.54) is 148 Å². The van der Waals surface area contributed by atoms with Crippen molar-refractivity contribution in [3.05, 3.63) is 222 Å². The van der Waals surface area contributed by atoms with Crippen LogP contribution < -0.4 is 0 Å². The van der Waals surface area contributed by atoms with Crippen molar-refractivity contribution in [1.29, 1.82) is 0 Å². The molecule has 5 aromatic heterocycles. The van der Waals surface area contributed by atoms with Crippen molar-refractivity contribution >= 4 is 109 Å². The number of para-hydroxylation sites is 3. The smallest absolute Gasteiger partial charge is 0.0562 e. The molecule has 0 aliphatic heterocycles. The van der Waals surface area contributed by atoms with Crippen molar-refractivity contribution in [2.45, 2.75) is 27.7 Å². The van der Waals surface area contributed by atoms with Gasteiger partial charge in [0.15, 0.2) is 0 Å².